The van der Waals surface area contributed by atoms with Gasteiger partial charge in [-0.1, -0.05) is 0 Å². The molecule has 1 amide bonds. The fraction of sp³-hybridized carbons (Fsp3) is 0.444. The molecular formula is C9H11ClN4O. The zero-order chi connectivity index (χ0) is 10.8. The maximum Gasteiger partial charge on any atom is 0.228 e. The quantitative estimate of drug-likeness (QED) is 0.752. The number of nitrogens with zero attached hydrogens (tertiary/aromatic N) is 3. The number of carbonyl (C=O) groups is 1. The zero-order valence-electron chi connectivity index (χ0n) is 8.06. The Morgan fingerprint density at radius 2 is 2.27 bits per heavy atom. The highest BCUT2D eigenvalue weighted by atomic mass is 35.5. The number of hydrogen-bond acceptors (Lipinski definition) is 4. The van der Waals surface area contributed by atoms with Gasteiger partial charge >= 0.3 is 0 Å². The van der Waals surface area contributed by atoms with Crippen LogP contribution in [0.15, 0.2) is 12.4 Å². The maximum absolute atomic E-state index is 11.6. The highest BCUT2D eigenvalue weighted by Gasteiger charge is 2.31. The molecule has 1 unspecified atom stereocenters. The number of carbonyl (C=O) groups excluding carboxylic acids is 1. The summed E-state index contributed by atoms with van der Waals surface area (Å²) in [4.78, 5) is 21.1. The minimum atomic E-state index is 0.00727. The molecule has 1 aromatic heterocycles. The van der Waals surface area contributed by atoms with Gasteiger partial charge in [-0.2, -0.15) is 0 Å². The van der Waals surface area contributed by atoms with E-state index in [2.05, 4.69) is 9.97 Å². The average molecular weight is 227 g/mol. The van der Waals surface area contributed by atoms with Gasteiger partial charge in [-0.05, 0) is 5.92 Å². The van der Waals surface area contributed by atoms with Crippen molar-refractivity contribution in [1.29, 1.82) is 0 Å². The molecule has 1 fully saturated rings. The van der Waals surface area contributed by atoms with Gasteiger partial charge < -0.3 is 5.73 Å². The summed E-state index contributed by atoms with van der Waals surface area (Å²) in [6.07, 6.45) is 3.48. The summed E-state index contributed by atoms with van der Waals surface area (Å²) in [7, 11) is 0. The molecule has 80 valence electrons. The van der Waals surface area contributed by atoms with Crippen molar-refractivity contribution in [2.45, 2.75) is 6.42 Å². The summed E-state index contributed by atoms with van der Waals surface area (Å²) >= 11 is 5.72. The second kappa shape index (κ2) is 4.02. The van der Waals surface area contributed by atoms with Crippen LogP contribution in [0.5, 0.6) is 0 Å². The van der Waals surface area contributed by atoms with E-state index in [1.54, 1.807) is 4.90 Å². The van der Waals surface area contributed by atoms with Crippen LogP contribution in [-0.4, -0.2) is 28.3 Å². The molecule has 1 aliphatic heterocycles. The Hall–Kier alpha value is -1.36. The number of rotatable bonds is 2. The average Bonchev–Trinajstić information content (AvgIpc) is 2.60. The summed E-state index contributed by atoms with van der Waals surface area (Å²) in [5, 5.41) is 0. The molecule has 1 atom stereocenters. The summed E-state index contributed by atoms with van der Waals surface area (Å²) in [5.74, 6) is 1.38. The van der Waals surface area contributed by atoms with Crippen molar-refractivity contribution < 1.29 is 4.79 Å². The monoisotopic (exact) mass is 226 g/mol. The van der Waals surface area contributed by atoms with Crippen LogP contribution in [0.3, 0.4) is 0 Å². The first-order valence-corrected chi connectivity index (χ1v) is 5.18. The molecule has 2 N–H and O–H groups in total. The van der Waals surface area contributed by atoms with E-state index < -0.39 is 0 Å². The van der Waals surface area contributed by atoms with Gasteiger partial charge in [-0.15, -0.1) is 11.6 Å². The number of amides is 1. The highest BCUT2D eigenvalue weighted by Crippen LogP contribution is 2.26. The van der Waals surface area contributed by atoms with Crippen molar-refractivity contribution in [3.63, 3.8) is 0 Å². The van der Waals surface area contributed by atoms with Crippen LogP contribution in [0.25, 0.3) is 0 Å². The second-order valence-electron chi connectivity index (χ2n) is 3.49. The molecule has 1 aliphatic rings. The fourth-order valence-electron chi connectivity index (χ4n) is 1.64. The predicted octanol–water partition coefficient (Wildman–Crippen LogP) is 0.650. The van der Waals surface area contributed by atoms with E-state index in [-0.39, 0.29) is 17.6 Å². The molecular weight excluding hydrogens is 216 g/mol. The Morgan fingerprint density at radius 1 is 1.53 bits per heavy atom. The molecule has 6 heteroatoms. The second-order valence-corrected chi connectivity index (χ2v) is 3.80. The van der Waals surface area contributed by atoms with Crippen molar-refractivity contribution in [3.8, 4) is 0 Å². The number of alkyl halides is 1. The molecule has 0 spiro atoms. The molecule has 0 radical (unpaired) electrons. The van der Waals surface area contributed by atoms with Gasteiger partial charge in [0.25, 0.3) is 0 Å². The summed E-state index contributed by atoms with van der Waals surface area (Å²) in [6.45, 7) is 0.575. The van der Waals surface area contributed by atoms with E-state index in [0.717, 1.165) is 0 Å². The lowest BCUT2D eigenvalue weighted by atomic mass is 10.1. The molecule has 0 aliphatic carbocycles. The first-order valence-electron chi connectivity index (χ1n) is 4.65. The molecule has 5 nitrogen and oxygen atoms in total. The smallest absolute Gasteiger partial charge is 0.228 e. The topological polar surface area (TPSA) is 72.1 Å². The standard InChI is InChI=1S/C9H11ClN4O/c10-4-6-3-7(15)14(5-6)9-8(11)12-1-2-13-9/h1-2,6H,3-5H2,(H2,11,12). The number of nitrogens with two attached hydrogens (primary N) is 1. The molecule has 0 aromatic carbocycles. The van der Waals surface area contributed by atoms with E-state index in [1.165, 1.54) is 12.4 Å². The van der Waals surface area contributed by atoms with Gasteiger partial charge in [0.05, 0.1) is 0 Å². The predicted molar refractivity (Wildman–Crippen MR) is 57.6 cm³/mol. The summed E-state index contributed by atoms with van der Waals surface area (Å²) in [6, 6.07) is 0. The third-order valence-electron chi connectivity index (χ3n) is 2.39. The number of halogens is 1. The fourth-order valence-corrected chi connectivity index (χ4v) is 1.85. The van der Waals surface area contributed by atoms with Gasteiger partial charge in [0.2, 0.25) is 5.91 Å². The maximum atomic E-state index is 11.6. The van der Waals surface area contributed by atoms with Crippen molar-refractivity contribution in [2.24, 2.45) is 5.92 Å². The van der Waals surface area contributed by atoms with Crippen molar-refractivity contribution in [3.05, 3.63) is 12.4 Å². The molecule has 15 heavy (non-hydrogen) atoms. The molecule has 1 saturated heterocycles. The van der Waals surface area contributed by atoms with Crippen molar-refractivity contribution in [2.75, 3.05) is 23.1 Å². The van der Waals surface area contributed by atoms with Gasteiger partial charge in [0.1, 0.15) is 0 Å². The van der Waals surface area contributed by atoms with Gasteiger partial charge in [-0.3, -0.25) is 9.69 Å². The van der Waals surface area contributed by atoms with Crippen LogP contribution in [-0.2, 0) is 4.79 Å². The van der Waals surface area contributed by atoms with Crippen LogP contribution in [0.1, 0.15) is 6.42 Å². The molecule has 0 saturated carbocycles. The summed E-state index contributed by atoms with van der Waals surface area (Å²) in [5.41, 5.74) is 5.65. The van der Waals surface area contributed by atoms with Crippen LogP contribution < -0.4 is 10.6 Å². The van der Waals surface area contributed by atoms with Gasteiger partial charge in [-0.25, -0.2) is 9.97 Å². The SMILES string of the molecule is Nc1nccnc1N1CC(CCl)CC1=O. The molecule has 0 bridgehead atoms. The van der Waals surface area contributed by atoms with E-state index in [1.807, 2.05) is 0 Å². The molecule has 2 rings (SSSR count). The van der Waals surface area contributed by atoms with Gasteiger partial charge in [0.15, 0.2) is 11.6 Å². The Bertz CT molecular complexity index is 384. The number of hydrogen-bond donors (Lipinski definition) is 1. The van der Waals surface area contributed by atoms with E-state index in [4.69, 9.17) is 17.3 Å². The first kappa shape index (κ1) is 10.2. The minimum Gasteiger partial charge on any atom is -0.381 e. The summed E-state index contributed by atoms with van der Waals surface area (Å²) < 4.78 is 0. The van der Waals surface area contributed by atoms with Crippen LogP contribution >= 0.6 is 11.6 Å². The van der Waals surface area contributed by atoms with Crippen LogP contribution in [0, 0.1) is 5.92 Å². The lowest BCUT2D eigenvalue weighted by Crippen LogP contribution is -2.27. The molecule has 1 aromatic rings. The zero-order valence-corrected chi connectivity index (χ0v) is 8.81. The first-order chi connectivity index (χ1) is 7.22. The van der Waals surface area contributed by atoms with Crippen molar-refractivity contribution >= 4 is 29.1 Å². The molecule has 2 heterocycles. The van der Waals surface area contributed by atoms with Crippen LogP contribution in [0.4, 0.5) is 11.6 Å². The lowest BCUT2D eigenvalue weighted by molar-refractivity contribution is -0.117. The largest absolute Gasteiger partial charge is 0.381 e. The highest BCUT2D eigenvalue weighted by molar-refractivity contribution is 6.18. The van der Waals surface area contributed by atoms with E-state index in [9.17, 15) is 4.79 Å². The number of aromatic nitrogens is 2. The Kier molecular flexibility index (Phi) is 2.73. The Labute approximate surface area is 92.3 Å². The Morgan fingerprint density at radius 3 is 2.87 bits per heavy atom. The normalized spacial score (nSPS) is 21.0. The third kappa shape index (κ3) is 1.87. The van der Waals surface area contributed by atoms with E-state index >= 15 is 0 Å². The van der Waals surface area contributed by atoms with E-state index in [0.29, 0.717) is 24.7 Å². The third-order valence-corrected chi connectivity index (χ3v) is 2.82. The minimum absolute atomic E-state index is 0.00727. The van der Waals surface area contributed by atoms with Gasteiger partial charge in [0, 0.05) is 31.2 Å². The number of nitrogen functional groups attached to an aromatic ring is 1. The number of anilines is 2. The Balaban J connectivity index is 2.25. The lowest BCUT2D eigenvalue weighted by Gasteiger charge is -2.15. The van der Waals surface area contributed by atoms with Crippen LogP contribution in [0.2, 0.25) is 0 Å². The van der Waals surface area contributed by atoms with Crippen molar-refractivity contribution in [1.82, 2.24) is 9.97 Å².